The topological polar surface area (TPSA) is 112 Å². The molecule has 4 rings (SSSR count). The normalized spacial score (nSPS) is 12.0. The van der Waals surface area contributed by atoms with Gasteiger partial charge in [-0.05, 0) is 25.1 Å². The summed E-state index contributed by atoms with van der Waals surface area (Å²) in [6, 6.07) is 7.60. The highest BCUT2D eigenvalue weighted by molar-refractivity contribution is 6.06. The number of furan rings is 1. The van der Waals surface area contributed by atoms with Gasteiger partial charge in [0, 0.05) is 17.5 Å². The van der Waals surface area contributed by atoms with Crippen molar-refractivity contribution in [3.8, 4) is 11.5 Å². The lowest BCUT2D eigenvalue weighted by molar-refractivity contribution is 0.0527. The summed E-state index contributed by atoms with van der Waals surface area (Å²) in [5.74, 6) is 0.830. The maximum Gasteiger partial charge on any atom is 0.341 e. The van der Waals surface area contributed by atoms with E-state index in [1.54, 1.807) is 37.3 Å². The van der Waals surface area contributed by atoms with Crippen LogP contribution in [0.15, 0.2) is 41.0 Å². The van der Waals surface area contributed by atoms with E-state index in [4.69, 9.17) is 18.6 Å². The Morgan fingerprint density at radius 2 is 2.00 bits per heavy atom. The van der Waals surface area contributed by atoms with Crippen molar-refractivity contribution in [2.45, 2.75) is 6.92 Å². The fourth-order valence-corrected chi connectivity index (χ4v) is 2.62. The number of rotatable bonds is 4. The molecule has 0 atom stereocenters. The summed E-state index contributed by atoms with van der Waals surface area (Å²) >= 11 is 0. The number of hydrogen-bond acceptors (Lipinski definition) is 7. The van der Waals surface area contributed by atoms with E-state index >= 15 is 0 Å². The minimum atomic E-state index is -0.608. The SMILES string of the molecule is CCOC(=O)c1cc2cc3c(cc2nc1NC(=O)Nc1ccco1)OCO3. The van der Waals surface area contributed by atoms with Crippen LogP contribution in [0.2, 0.25) is 0 Å². The Morgan fingerprint density at radius 1 is 1.19 bits per heavy atom. The van der Waals surface area contributed by atoms with Gasteiger partial charge in [-0.25, -0.2) is 14.6 Å². The smallest absolute Gasteiger partial charge is 0.341 e. The summed E-state index contributed by atoms with van der Waals surface area (Å²) < 4.78 is 20.8. The summed E-state index contributed by atoms with van der Waals surface area (Å²) in [6.45, 7) is 2.00. The Bertz CT molecular complexity index is 1020. The monoisotopic (exact) mass is 369 g/mol. The quantitative estimate of drug-likeness (QED) is 0.678. The Morgan fingerprint density at radius 3 is 2.74 bits per heavy atom. The molecule has 9 heteroatoms. The number of amides is 2. The van der Waals surface area contributed by atoms with E-state index in [0.717, 1.165) is 0 Å². The molecule has 2 amide bonds. The highest BCUT2D eigenvalue weighted by Gasteiger charge is 2.21. The van der Waals surface area contributed by atoms with Crippen molar-refractivity contribution in [2.24, 2.45) is 0 Å². The molecule has 1 aliphatic rings. The molecule has 0 fully saturated rings. The number of nitrogens with one attached hydrogen (secondary N) is 2. The van der Waals surface area contributed by atoms with E-state index in [2.05, 4.69) is 15.6 Å². The summed E-state index contributed by atoms with van der Waals surface area (Å²) in [4.78, 5) is 28.9. The average Bonchev–Trinajstić information content (AvgIpc) is 3.30. The number of carbonyl (C=O) groups excluding carboxylic acids is 2. The average molecular weight is 369 g/mol. The number of carbonyl (C=O) groups is 2. The minimum absolute atomic E-state index is 0.0591. The molecule has 0 bridgehead atoms. The third kappa shape index (κ3) is 3.34. The van der Waals surface area contributed by atoms with Gasteiger partial charge in [-0.1, -0.05) is 0 Å². The van der Waals surface area contributed by atoms with Gasteiger partial charge in [0.05, 0.1) is 18.4 Å². The molecular weight excluding hydrogens is 354 g/mol. The van der Waals surface area contributed by atoms with Crippen LogP contribution in [0.1, 0.15) is 17.3 Å². The first-order valence-electron chi connectivity index (χ1n) is 8.17. The molecule has 0 spiro atoms. The van der Waals surface area contributed by atoms with Crippen LogP contribution < -0.4 is 20.1 Å². The molecule has 2 N–H and O–H groups in total. The zero-order chi connectivity index (χ0) is 18.8. The number of nitrogens with zero attached hydrogens (tertiary/aromatic N) is 1. The fourth-order valence-electron chi connectivity index (χ4n) is 2.62. The van der Waals surface area contributed by atoms with Crippen LogP contribution in [-0.2, 0) is 4.74 Å². The number of anilines is 2. The van der Waals surface area contributed by atoms with E-state index in [-0.39, 0.29) is 30.7 Å². The molecule has 0 saturated heterocycles. The third-order valence-corrected chi connectivity index (χ3v) is 3.79. The lowest BCUT2D eigenvalue weighted by Gasteiger charge is -2.12. The summed E-state index contributed by atoms with van der Waals surface area (Å²) in [5, 5.41) is 5.71. The molecule has 0 unspecified atom stereocenters. The Kier molecular flexibility index (Phi) is 4.25. The summed E-state index contributed by atoms with van der Waals surface area (Å²) in [7, 11) is 0. The second-order valence-corrected chi connectivity index (χ2v) is 5.56. The molecular formula is C18H15N3O6. The van der Waals surface area contributed by atoms with Crippen molar-refractivity contribution in [2.75, 3.05) is 24.0 Å². The molecule has 138 valence electrons. The van der Waals surface area contributed by atoms with Crippen LogP contribution in [-0.4, -0.2) is 30.4 Å². The number of ether oxygens (including phenoxy) is 3. The van der Waals surface area contributed by atoms with Gasteiger partial charge in [-0.3, -0.25) is 10.6 Å². The van der Waals surface area contributed by atoms with Gasteiger partial charge in [0.15, 0.2) is 11.5 Å². The van der Waals surface area contributed by atoms with Crippen molar-refractivity contribution < 1.29 is 28.2 Å². The largest absolute Gasteiger partial charge is 0.462 e. The number of esters is 1. The molecule has 0 saturated carbocycles. The first kappa shape index (κ1) is 16.7. The molecule has 27 heavy (non-hydrogen) atoms. The number of benzene rings is 1. The lowest BCUT2D eigenvalue weighted by atomic mass is 10.1. The van der Waals surface area contributed by atoms with Gasteiger partial charge in [0.25, 0.3) is 0 Å². The molecule has 0 aliphatic carbocycles. The number of aromatic nitrogens is 1. The highest BCUT2D eigenvalue weighted by Crippen LogP contribution is 2.36. The third-order valence-electron chi connectivity index (χ3n) is 3.79. The molecule has 0 radical (unpaired) electrons. The van der Waals surface area contributed by atoms with Crippen LogP contribution in [0.5, 0.6) is 11.5 Å². The van der Waals surface area contributed by atoms with Gasteiger partial charge in [-0.15, -0.1) is 0 Å². The van der Waals surface area contributed by atoms with E-state index in [1.165, 1.54) is 6.26 Å². The number of hydrogen-bond donors (Lipinski definition) is 2. The van der Waals surface area contributed by atoms with Crippen LogP contribution in [0.4, 0.5) is 16.5 Å². The Hall–Kier alpha value is -3.75. The second kappa shape index (κ2) is 6.87. The van der Waals surface area contributed by atoms with Gasteiger partial charge in [0.2, 0.25) is 12.7 Å². The van der Waals surface area contributed by atoms with Crippen molar-refractivity contribution in [1.82, 2.24) is 4.98 Å². The Balaban J connectivity index is 1.71. The molecule has 3 heterocycles. The minimum Gasteiger partial charge on any atom is -0.462 e. The van der Waals surface area contributed by atoms with E-state index in [1.807, 2.05) is 0 Å². The van der Waals surface area contributed by atoms with Crippen LogP contribution in [0.25, 0.3) is 10.9 Å². The molecule has 3 aromatic rings. The van der Waals surface area contributed by atoms with E-state index in [0.29, 0.717) is 22.4 Å². The standard InChI is InChI=1S/C18H15N3O6/c1-2-24-17(22)11-6-10-7-13-14(27-9-26-13)8-12(10)19-16(11)21-18(23)20-15-4-3-5-25-15/h3-8H,2,9H2,1H3,(H2,19,20,21,23). The number of fused-ring (bicyclic) bond motifs is 2. The maximum absolute atomic E-state index is 12.3. The Labute approximate surface area is 153 Å². The zero-order valence-corrected chi connectivity index (χ0v) is 14.3. The summed E-state index contributed by atoms with van der Waals surface area (Å²) in [5.41, 5.74) is 0.651. The van der Waals surface area contributed by atoms with Crippen molar-refractivity contribution in [3.05, 3.63) is 42.2 Å². The first-order valence-corrected chi connectivity index (χ1v) is 8.17. The van der Waals surface area contributed by atoms with Crippen molar-refractivity contribution in [3.63, 3.8) is 0 Å². The second-order valence-electron chi connectivity index (χ2n) is 5.56. The van der Waals surface area contributed by atoms with Crippen LogP contribution >= 0.6 is 0 Å². The van der Waals surface area contributed by atoms with Gasteiger partial charge >= 0.3 is 12.0 Å². The van der Waals surface area contributed by atoms with Crippen molar-refractivity contribution >= 4 is 34.6 Å². The van der Waals surface area contributed by atoms with Gasteiger partial charge < -0.3 is 18.6 Å². The molecule has 1 aromatic carbocycles. The molecule has 1 aliphatic heterocycles. The van der Waals surface area contributed by atoms with Crippen LogP contribution in [0, 0.1) is 0 Å². The van der Waals surface area contributed by atoms with E-state index in [9.17, 15) is 9.59 Å². The lowest BCUT2D eigenvalue weighted by Crippen LogP contribution is -2.22. The number of urea groups is 1. The van der Waals surface area contributed by atoms with Gasteiger partial charge in [-0.2, -0.15) is 0 Å². The predicted octanol–water partition coefficient (Wildman–Crippen LogP) is 3.38. The molecule has 9 nitrogen and oxygen atoms in total. The first-order chi connectivity index (χ1) is 13.1. The summed E-state index contributed by atoms with van der Waals surface area (Å²) in [6.07, 6.45) is 1.43. The molecule has 2 aromatic heterocycles. The van der Waals surface area contributed by atoms with E-state index < -0.39 is 12.0 Å². The fraction of sp³-hybridized carbons (Fsp3) is 0.167. The maximum atomic E-state index is 12.3. The van der Waals surface area contributed by atoms with Gasteiger partial charge in [0.1, 0.15) is 11.4 Å². The van der Waals surface area contributed by atoms with Crippen molar-refractivity contribution in [1.29, 1.82) is 0 Å². The highest BCUT2D eigenvalue weighted by atomic mass is 16.7. The predicted molar refractivity (Wildman–Crippen MR) is 95.2 cm³/mol. The number of pyridine rings is 1. The van der Waals surface area contributed by atoms with Crippen LogP contribution in [0.3, 0.4) is 0 Å². The zero-order valence-electron chi connectivity index (χ0n) is 14.3.